The predicted octanol–water partition coefficient (Wildman–Crippen LogP) is 1.31. The maximum Gasteiger partial charge on any atom is 0.358 e. The quantitative estimate of drug-likeness (QED) is 0.878. The van der Waals surface area contributed by atoms with Crippen LogP contribution in [-0.2, 0) is 16.7 Å². The first-order valence-corrected chi connectivity index (χ1v) is 6.14. The highest BCUT2D eigenvalue weighted by molar-refractivity contribution is 5.86. The van der Waals surface area contributed by atoms with Crippen LogP contribution in [0, 0.1) is 5.92 Å². The predicted molar refractivity (Wildman–Crippen MR) is 64.6 cm³/mol. The summed E-state index contributed by atoms with van der Waals surface area (Å²) in [7, 11) is 0. The van der Waals surface area contributed by atoms with Crippen LogP contribution >= 0.6 is 0 Å². The van der Waals surface area contributed by atoms with Crippen molar-refractivity contribution < 1.29 is 14.6 Å². The zero-order chi connectivity index (χ0) is 13.3. The first-order valence-electron chi connectivity index (χ1n) is 6.14. The highest BCUT2D eigenvalue weighted by Crippen LogP contribution is 2.26. The van der Waals surface area contributed by atoms with Gasteiger partial charge in [-0.3, -0.25) is 0 Å². The average molecular weight is 253 g/mol. The van der Waals surface area contributed by atoms with E-state index in [1.54, 1.807) is 4.68 Å². The van der Waals surface area contributed by atoms with E-state index in [9.17, 15) is 4.79 Å². The third kappa shape index (κ3) is 2.53. The highest BCUT2D eigenvalue weighted by Gasteiger charge is 2.30. The van der Waals surface area contributed by atoms with E-state index in [-0.39, 0.29) is 11.1 Å². The third-order valence-electron chi connectivity index (χ3n) is 3.10. The molecule has 1 aromatic rings. The fraction of sp³-hybridized carbons (Fsp3) is 0.750. The molecule has 2 rings (SSSR count). The van der Waals surface area contributed by atoms with E-state index in [1.165, 1.54) is 0 Å². The highest BCUT2D eigenvalue weighted by atomic mass is 16.5. The van der Waals surface area contributed by atoms with E-state index in [4.69, 9.17) is 9.84 Å². The van der Waals surface area contributed by atoms with Gasteiger partial charge in [0.25, 0.3) is 0 Å². The standard InChI is InChI=1S/C12H19N3O3/c1-12(2,3)10-9(11(16)17)13-14-15(10)6-8-4-5-18-7-8/h8H,4-7H2,1-3H3,(H,16,17). The van der Waals surface area contributed by atoms with E-state index >= 15 is 0 Å². The molecule has 1 fully saturated rings. The van der Waals surface area contributed by atoms with Crippen molar-refractivity contribution >= 4 is 5.97 Å². The molecular formula is C12H19N3O3. The molecule has 1 aliphatic heterocycles. The number of aromatic nitrogens is 3. The van der Waals surface area contributed by atoms with Crippen molar-refractivity contribution in [3.8, 4) is 0 Å². The summed E-state index contributed by atoms with van der Waals surface area (Å²) in [6, 6.07) is 0. The van der Waals surface area contributed by atoms with Crippen LogP contribution in [0.1, 0.15) is 43.4 Å². The Hall–Kier alpha value is -1.43. The van der Waals surface area contributed by atoms with Gasteiger partial charge in [0, 0.05) is 24.5 Å². The van der Waals surface area contributed by atoms with Crippen molar-refractivity contribution in [2.45, 2.75) is 39.2 Å². The summed E-state index contributed by atoms with van der Waals surface area (Å²) in [4.78, 5) is 11.2. The molecule has 2 heterocycles. The molecule has 0 aliphatic carbocycles. The molecule has 1 aromatic heterocycles. The maximum absolute atomic E-state index is 11.2. The fourth-order valence-corrected chi connectivity index (χ4v) is 2.30. The Bertz CT molecular complexity index is 442. The van der Waals surface area contributed by atoms with Crippen molar-refractivity contribution in [3.63, 3.8) is 0 Å². The zero-order valence-electron chi connectivity index (χ0n) is 11.0. The Morgan fingerprint density at radius 2 is 2.28 bits per heavy atom. The Balaban J connectivity index is 2.32. The van der Waals surface area contributed by atoms with Crippen LogP contribution in [0.3, 0.4) is 0 Å². The van der Waals surface area contributed by atoms with Gasteiger partial charge in [-0.2, -0.15) is 0 Å². The summed E-state index contributed by atoms with van der Waals surface area (Å²) in [6.45, 7) is 8.08. The van der Waals surface area contributed by atoms with E-state index in [0.29, 0.717) is 24.8 Å². The molecule has 18 heavy (non-hydrogen) atoms. The Morgan fingerprint density at radius 3 is 2.78 bits per heavy atom. The third-order valence-corrected chi connectivity index (χ3v) is 3.10. The van der Waals surface area contributed by atoms with Gasteiger partial charge in [-0.1, -0.05) is 26.0 Å². The summed E-state index contributed by atoms with van der Waals surface area (Å²) < 4.78 is 7.06. The van der Waals surface area contributed by atoms with Crippen molar-refractivity contribution in [2.75, 3.05) is 13.2 Å². The molecule has 1 atom stereocenters. The lowest BCUT2D eigenvalue weighted by atomic mass is 9.90. The minimum absolute atomic E-state index is 0.0569. The van der Waals surface area contributed by atoms with Gasteiger partial charge in [0.15, 0.2) is 5.69 Å². The molecule has 0 radical (unpaired) electrons. The average Bonchev–Trinajstić information content (AvgIpc) is 2.85. The summed E-state index contributed by atoms with van der Waals surface area (Å²) in [6.07, 6.45) is 0.992. The van der Waals surface area contributed by atoms with Gasteiger partial charge in [0.05, 0.1) is 12.3 Å². The van der Waals surface area contributed by atoms with E-state index < -0.39 is 5.97 Å². The lowest BCUT2D eigenvalue weighted by molar-refractivity contribution is 0.0687. The van der Waals surface area contributed by atoms with Crippen LogP contribution in [0.4, 0.5) is 0 Å². The molecule has 0 saturated carbocycles. The van der Waals surface area contributed by atoms with Crippen molar-refractivity contribution in [1.29, 1.82) is 0 Å². The van der Waals surface area contributed by atoms with Crippen LogP contribution in [0.5, 0.6) is 0 Å². The summed E-state index contributed by atoms with van der Waals surface area (Å²) in [5, 5.41) is 17.0. The van der Waals surface area contributed by atoms with Gasteiger partial charge < -0.3 is 9.84 Å². The summed E-state index contributed by atoms with van der Waals surface area (Å²) in [5.74, 6) is -0.622. The van der Waals surface area contributed by atoms with Crippen LogP contribution in [0.2, 0.25) is 0 Å². The summed E-state index contributed by atoms with van der Waals surface area (Å²) >= 11 is 0. The second-order valence-electron chi connectivity index (χ2n) is 5.75. The molecule has 1 unspecified atom stereocenters. The number of carbonyl (C=O) groups is 1. The molecule has 0 aromatic carbocycles. The van der Waals surface area contributed by atoms with Crippen molar-refractivity contribution in [3.05, 3.63) is 11.4 Å². The molecule has 100 valence electrons. The van der Waals surface area contributed by atoms with E-state index in [1.807, 2.05) is 20.8 Å². The maximum atomic E-state index is 11.2. The Kier molecular flexibility index (Phi) is 3.38. The molecule has 1 N–H and O–H groups in total. The summed E-state index contributed by atoms with van der Waals surface area (Å²) in [5.41, 5.74) is 0.444. The minimum atomic E-state index is -1.02. The number of nitrogens with zero attached hydrogens (tertiary/aromatic N) is 3. The van der Waals surface area contributed by atoms with E-state index in [2.05, 4.69) is 10.3 Å². The number of carboxylic acid groups (broad SMARTS) is 1. The topological polar surface area (TPSA) is 77.2 Å². The molecule has 1 saturated heterocycles. The number of aromatic carboxylic acids is 1. The molecule has 0 bridgehead atoms. The number of carboxylic acids is 1. The normalized spacial score (nSPS) is 20.3. The molecule has 6 nitrogen and oxygen atoms in total. The number of ether oxygens (including phenoxy) is 1. The second-order valence-corrected chi connectivity index (χ2v) is 5.75. The van der Waals surface area contributed by atoms with Crippen molar-refractivity contribution in [2.24, 2.45) is 5.92 Å². The van der Waals surface area contributed by atoms with Crippen LogP contribution in [0.25, 0.3) is 0 Å². The van der Waals surface area contributed by atoms with Gasteiger partial charge in [-0.25, -0.2) is 9.48 Å². The lowest BCUT2D eigenvalue weighted by Crippen LogP contribution is -2.24. The van der Waals surface area contributed by atoms with Gasteiger partial charge in [-0.05, 0) is 6.42 Å². The fourth-order valence-electron chi connectivity index (χ4n) is 2.30. The van der Waals surface area contributed by atoms with Crippen LogP contribution < -0.4 is 0 Å². The minimum Gasteiger partial charge on any atom is -0.476 e. The lowest BCUT2D eigenvalue weighted by Gasteiger charge is -2.21. The Morgan fingerprint density at radius 1 is 1.56 bits per heavy atom. The van der Waals surface area contributed by atoms with Crippen molar-refractivity contribution in [1.82, 2.24) is 15.0 Å². The molecule has 6 heteroatoms. The number of hydrogen-bond acceptors (Lipinski definition) is 4. The zero-order valence-corrected chi connectivity index (χ0v) is 11.0. The van der Waals surface area contributed by atoms with Crippen LogP contribution in [-0.4, -0.2) is 39.3 Å². The molecule has 0 amide bonds. The molecule has 0 spiro atoms. The van der Waals surface area contributed by atoms with Crippen LogP contribution in [0.15, 0.2) is 0 Å². The van der Waals surface area contributed by atoms with Gasteiger partial charge in [0.1, 0.15) is 0 Å². The first kappa shape index (κ1) is 13.0. The van der Waals surface area contributed by atoms with E-state index in [0.717, 1.165) is 13.0 Å². The van der Waals surface area contributed by atoms with Gasteiger partial charge in [0.2, 0.25) is 0 Å². The van der Waals surface area contributed by atoms with Gasteiger partial charge in [-0.15, -0.1) is 5.10 Å². The van der Waals surface area contributed by atoms with Gasteiger partial charge >= 0.3 is 5.97 Å². The number of hydrogen-bond donors (Lipinski definition) is 1. The largest absolute Gasteiger partial charge is 0.476 e. The SMILES string of the molecule is CC(C)(C)c1c(C(=O)O)nnn1CC1CCOC1. The monoisotopic (exact) mass is 253 g/mol. The molecular weight excluding hydrogens is 234 g/mol. The first-order chi connectivity index (χ1) is 8.39. The smallest absolute Gasteiger partial charge is 0.358 e. The number of rotatable bonds is 3. The second kappa shape index (κ2) is 4.68. The Labute approximate surface area is 106 Å². The molecule has 1 aliphatic rings.